The molecule has 0 radical (unpaired) electrons. The smallest absolute Gasteiger partial charge is 0.159 e. The number of likely N-dealkylation sites (tertiary alicyclic amines) is 1. The molecule has 92 valence electrons. The Morgan fingerprint density at radius 3 is 2.82 bits per heavy atom. The van der Waals surface area contributed by atoms with Gasteiger partial charge in [-0.25, -0.2) is 8.78 Å². The molecule has 1 aliphatic heterocycles. The summed E-state index contributed by atoms with van der Waals surface area (Å²) in [4.78, 5) is 2.58. The predicted molar refractivity (Wildman–Crippen MR) is 66.6 cm³/mol. The summed E-state index contributed by atoms with van der Waals surface area (Å²) in [5, 5.41) is 0. The first-order valence-corrected chi connectivity index (χ1v) is 5.96. The van der Waals surface area contributed by atoms with Gasteiger partial charge < -0.3 is 5.73 Å². The molecule has 17 heavy (non-hydrogen) atoms. The van der Waals surface area contributed by atoms with Crippen LogP contribution in [0.4, 0.5) is 8.78 Å². The molecule has 1 unspecified atom stereocenters. The van der Waals surface area contributed by atoms with E-state index in [1.807, 2.05) is 0 Å². The number of hydrogen-bond donors (Lipinski definition) is 1. The molecule has 0 aromatic heterocycles. The predicted octanol–water partition coefficient (Wildman–Crippen LogP) is 2.22. The van der Waals surface area contributed by atoms with Gasteiger partial charge in [0.15, 0.2) is 11.6 Å². The summed E-state index contributed by atoms with van der Waals surface area (Å²) >= 11 is 5.00. The SMILES string of the molecule is NC(=S)C1CCCN1Cc1ccc(F)c(F)c1. The molecule has 1 aliphatic rings. The Hall–Kier alpha value is -1.07. The normalized spacial score (nSPS) is 20.7. The lowest BCUT2D eigenvalue weighted by molar-refractivity contribution is 0.294. The quantitative estimate of drug-likeness (QED) is 0.841. The maximum atomic E-state index is 13.1. The molecule has 0 bridgehead atoms. The van der Waals surface area contributed by atoms with Gasteiger partial charge in [-0.15, -0.1) is 0 Å². The van der Waals surface area contributed by atoms with Crippen LogP contribution in [0.3, 0.4) is 0 Å². The van der Waals surface area contributed by atoms with Gasteiger partial charge in [-0.1, -0.05) is 18.3 Å². The Morgan fingerprint density at radius 2 is 2.18 bits per heavy atom. The molecule has 1 aromatic rings. The zero-order valence-corrected chi connectivity index (χ0v) is 10.1. The third kappa shape index (κ3) is 2.79. The van der Waals surface area contributed by atoms with Crippen LogP contribution in [0.1, 0.15) is 18.4 Å². The zero-order valence-electron chi connectivity index (χ0n) is 9.33. The van der Waals surface area contributed by atoms with Crippen molar-refractivity contribution in [2.45, 2.75) is 25.4 Å². The monoisotopic (exact) mass is 256 g/mol. The van der Waals surface area contributed by atoms with E-state index in [-0.39, 0.29) is 6.04 Å². The zero-order chi connectivity index (χ0) is 12.4. The molecular formula is C12H14F2N2S. The minimum absolute atomic E-state index is 0.0816. The molecule has 0 spiro atoms. The fourth-order valence-corrected chi connectivity index (χ4v) is 2.48. The van der Waals surface area contributed by atoms with Gasteiger partial charge in [0.05, 0.1) is 11.0 Å². The second kappa shape index (κ2) is 5.06. The highest BCUT2D eigenvalue weighted by Crippen LogP contribution is 2.21. The van der Waals surface area contributed by atoms with E-state index >= 15 is 0 Å². The van der Waals surface area contributed by atoms with Crippen molar-refractivity contribution >= 4 is 17.2 Å². The van der Waals surface area contributed by atoms with E-state index in [0.29, 0.717) is 11.5 Å². The molecule has 0 saturated carbocycles. The van der Waals surface area contributed by atoms with Crippen LogP contribution in [0.15, 0.2) is 18.2 Å². The number of hydrogen-bond acceptors (Lipinski definition) is 2. The second-order valence-electron chi connectivity index (χ2n) is 4.28. The highest BCUT2D eigenvalue weighted by Gasteiger charge is 2.26. The van der Waals surface area contributed by atoms with Crippen LogP contribution in [0.5, 0.6) is 0 Å². The molecular weight excluding hydrogens is 242 g/mol. The lowest BCUT2D eigenvalue weighted by Crippen LogP contribution is -2.38. The molecule has 2 nitrogen and oxygen atoms in total. The van der Waals surface area contributed by atoms with Crippen molar-refractivity contribution in [3.05, 3.63) is 35.4 Å². The Bertz CT molecular complexity index is 437. The minimum Gasteiger partial charge on any atom is -0.392 e. The van der Waals surface area contributed by atoms with Crippen molar-refractivity contribution in [1.29, 1.82) is 0 Å². The molecule has 2 N–H and O–H groups in total. The highest BCUT2D eigenvalue weighted by molar-refractivity contribution is 7.80. The first-order valence-electron chi connectivity index (χ1n) is 5.55. The summed E-state index contributed by atoms with van der Waals surface area (Å²) in [5.41, 5.74) is 6.39. The first kappa shape index (κ1) is 12.4. The number of benzene rings is 1. The standard InChI is InChI=1S/C12H14F2N2S/c13-9-4-3-8(6-10(9)14)7-16-5-1-2-11(16)12(15)17/h3-4,6,11H,1-2,5,7H2,(H2,15,17). The van der Waals surface area contributed by atoms with Crippen LogP contribution in [0.25, 0.3) is 0 Å². The topological polar surface area (TPSA) is 29.3 Å². The van der Waals surface area contributed by atoms with Crippen LogP contribution >= 0.6 is 12.2 Å². The Kier molecular flexibility index (Phi) is 3.69. The Morgan fingerprint density at radius 1 is 1.41 bits per heavy atom. The van der Waals surface area contributed by atoms with Crippen molar-refractivity contribution in [2.24, 2.45) is 5.73 Å². The Balaban J connectivity index is 2.09. The highest BCUT2D eigenvalue weighted by atomic mass is 32.1. The van der Waals surface area contributed by atoms with Crippen molar-refractivity contribution < 1.29 is 8.78 Å². The van der Waals surface area contributed by atoms with Crippen LogP contribution in [-0.4, -0.2) is 22.5 Å². The van der Waals surface area contributed by atoms with E-state index in [9.17, 15) is 8.78 Å². The van der Waals surface area contributed by atoms with Gasteiger partial charge in [0.1, 0.15) is 0 Å². The van der Waals surface area contributed by atoms with Gasteiger partial charge in [0, 0.05) is 6.54 Å². The first-order chi connectivity index (χ1) is 8.08. The van der Waals surface area contributed by atoms with Gasteiger partial charge in [0.2, 0.25) is 0 Å². The summed E-state index contributed by atoms with van der Waals surface area (Å²) < 4.78 is 25.9. The van der Waals surface area contributed by atoms with Gasteiger partial charge in [-0.2, -0.15) is 0 Å². The third-order valence-corrected chi connectivity index (χ3v) is 3.33. The second-order valence-corrected chi connectivity index (χ2v) is 4.75. The van der Waals surface area contributed by atoms with E-state index in [1.54, 1.807) is 6.07 Å². The number of nitrogens with two attached hydrogens (primary N) is 1. The van der Waals surface area contributed by atoms with Gasteiger partial charge in [0.25, 0.3) is 0 Å². The van der Waals surface area contributed by atoms with Crippen LogP contribution in [0.2, 0.25) is 0 Å². The van der Waals surface area contributed by atoms with E-state index in [4.69, 9.17) is 18.0 Å². The van der Waals surface area contributed by atoms with Crippen LogP contribution < -0.4 is 5.73 Å². The lowest BCUT2D eigenvalue weighted by atomic mass is 10.1. The van der Waals surface area contributed by atoms with Crippen molar-refractivity contribution in [2.75, 3.05) is 6.54 Å². The van der Waals surface area contributed by atoms with E-state index < -0.39 is 11.6 Å². The van der Waals surface area contributed by atoms with Crippen molar-refractivity contribution in [3.63, 3.8) is 0 Å². The number of rotatable bonds is 3. The number of halogens is 2. The van der Waals surface area contributed by atoms with Gasteiger partial charge >= 0.3 is 0 Å². The molecule has 5 heteroatoms. The minimum atomic E-state index is -0.818. The molecule has 1 heterocycles. The molecule has 1 atom stereocenters. The van der Waals surface area contributed by atoms with E-state index in [0.717, 1.165) is 31.0 Å². The van der Waals surface area contributed by atoms with Gasteiger partial charge in [-0.3, -0.25) is 4.90 Å². The summed E-state index contributed by atoms with van der Waals surface area (Å²) in [5.74, 6) is -1.63. The molecule has 1 saturated heterocycles. The molecule has 0 aliphatic carbocycles. The van der Waals surface area contributed by atoms with Crippen LogP contribution in [0, 0.1) is 11.6 Å². The maximum Gasteiger partial charge on any atom is 0.159 e. The molecule has 2 rings (SSSR count). The van der Waals surface area contributed by atoms with Crippen molar-refractivity contribution in [3.8, 4) is 0 Å². The fraction of sp³-hybridized carbons (Fsp3) is 0.417. The van der Waals surface area contributed by atoms with Gasteiger partial charge in [-0.05, 0) is 37.1 Å². The van der Waals surface area contributed by atoms with Crippen LogP contribution in [-0.2, 0) is 6.54 Å². The van der Waals surface area contributed by atoms with E-state index in [1.165, 1.54) is 6.07 Å². The van der Waals surface area contributed by atoms with E-state index in [2.05, 4.69) is 4.90 Å². The fourth-order valence-electron chi connectivity index (χ4n) is 2.21. The summed E-state index contributed by atoms with van der Waals surface area (Å²) in [6.07, 6.45) is 1.98. The molecule has 0 amide bonds. The largest absolute Gasteiger partial charge is 0.392 e. The molecule has 1 fully saturated rings. The van der Waals surface area contributed by atoms with Crippen molar-refractivity contribution in [1.82, 2.24) is 4.90 Å². The average molecular weight is 256 g/mol. The summed E-state index contributed by atoms with van der Waals surface area (Å²) in [6, 6.07) is 4.05. The number of thiocarbonyl (C=S) groups is 1. The molecule has 1 aromatic carbocycles. The Labute approximate surface area is 104 Å². The third-order valence-electron chi connectivity index (χ3n) is 3.06. The maximum absolute atomic E-state index is 13.1. The summed E-state index contributed by atoms with van der Waals surface area (Å²) in [7, 11) is 0. The summed E-state index contributed by atoms with van der Waals surface area (Å²) in [6.45, 7) is 1.44. The number of nitrogens with zero attached hydrogens (tertiary/aromatic N) is 1. The average Bonchev–Trinajstić information content (AvgIpc) is 2.72. The lowest BCUT2D eigenvalue weighted by Gasteiger charge is -2.23.